The minimum absolute atomic E-state index is 0.212. The lowest BCUT2D eigenvalue weighted by molar-refractivity contribution is 0.0260. The summed E-state index contributed by atoms with van der Waals surface area (Å²) in [6.45, 7) is 1.02. The van der Waals surface area contributed by atoms with Gasteiger partial charge in [-0.3, -0.25) is 9.59 Å². The molecule has 2 atom stereocenters. The van der Waals surface area contributed by atoms with E-state index in [0.717, 1.165) is 17.3 Å². The molecule has 1 amide bonds. The molecular weight excluding hydrogens is 320 g/mol. The van der Waals surface area contributed by atoms with Crippen molar-refractivity contribution in [1.29, 1.82) is 0 Å². The second-order valence-corrected chi connectivity index (χ2v) is 6.80. The molecule has 0 saturated carbocycles. The van der Waals surface area contributed by atoms with Crippen LogP contribution in [0.15, 0.2) is 41.5 Å². The van der Waals surface area contributed by atoms with Gasteiger partial charge in [0.25, 0.3) is 11.5 Å². The van der Waals surface area contributed by atoms with Crippen molar-refractivity contribution in [3.63, 3.8) is 0 Å². The molecule has 0 radical (unpaired) electrons. The maximum absolute atomic E-state index is 12.6. The molecule has 2 heterocycles. The minimum Gasteiger partial charge on any atom is -0.390 e. The van der Waals surface area contributed by atoms with Crippen molar-refractivity contribution < 1.29 is 9.90 Å². The summed E-state index contributed by atoms with van der Waals surface area (Å²) in [7, 11) is 0. The molecule has 1 aliphatic carbocycles. The van der Waals surface area contributed by atoms with Crippen molar-refractivity contribution in [1.82, 2.24) is 14.9 Å². The van der Waals surface area contributed by atoms with Crippen LogP contribution in [0.4, 0.5) is 0 Å². The standard InChI is InChI=1S/C18H20N4O3/c19-15-11-3-1-2-4-12(11)18(16(15)24)5-7-22(8-6-18)17(25)13-9-21-14(23)10-20-13/h1-4,9-10,15-16,24H,5-8,19H2,(H,21,23)/t15-,16+/m0/s1. The fraction of sp³-hybridized carbons (Fsp3) is 0.389. The van der Waals surface area contributed by atoms with Gasteiger partial charge in [0.1, 0.15) is 5.69 Å². The summed E-state index contributed by atoms with van der Waals surface area (Å²) in [6.07, 6.45) is 3.09. The molecule has 130 valence electrons. The molecule has 4 N–H and O–H groups in total. The summed E-state index contributed by atoms with van der Waals surface area (Å²) in [5.74, 6) is -0.212. The number of likely N-dealkylation sites (tertiary alicyclic amines) is 1. The average Bonchev–Trinajstić information content (AvgIpc) is 2.85. The highest BCUT2D eigenvalue weighted by atomic mass is 16.3. The molecule has 1 aromatic heterocycles. The number of aromatic nitrogens is 2. The van der Waals surface area contributed by atoms with E-state index in [9.17, 15) is 14.7 Å². The Hall–Kier alpha value is -2.51. The lowest BCUT2D eigenvalue weighted by atomic mass is 9.72. The van der Waals surface area contributed by atoms with Gasteiger partial charge in [-0.2, -0.15) is 0 Å². The van der Waals surface area contributed by atoms with E-state index in [4.69, 9.17) is 5.73 Å². The van der Waals surface area contributed by atoms with Crippen molar-refractivity contribution >= 4 is 5.91 Å². The largest absolute Gasteiger partial charge is 0.390 e. The summed E-state index contributed by atoms with van der Waals surface area (Å²) in [4.78, 5) is 31.7. The van der Waals surface area contributed by atoms with E-state index < -0.39 is 11.5 Å². The number of hydrogen-bond donors (Lipinski definition) is 3. The summed E-state index contributed by atoms with van der Waals surface area (Å²) in [6, 6.07) is 7.52. The van der Waals surface area contributed by atoms with Crippen LogP contribution in [0.3, 0.4) is 0 Å². The third kappa shape index (κ3) is 2.39. The number of benzene rings is 1. The number of aliphatic hydroxyl groups excluding tert-OH is 1. The van der Waals surface area contributed by atoms with Crippen LogP contribution in [0, 0.1) is 0 Å². The predicted molar refractivity (Wildman–Crippen MR) is 91.1 cm³/mol. The summed E-state index contributed by atoms with van der Waals surface area (Å²) in [5.41, 5.74) is 7.80. The molecule has 0 unspecified atom stereocenters. The third-order valence-corrected chi connectivity index (χ3v) is 5.60. The monoisotopic (exact) mass is 340 g/mol. The Labute approximate surface area is 144 Å². The van der Waals surface area contributed by atoms with E-state index in [1.165, 1.54) is 6.20 Å². The Kier molecular flexibility index (Phi) is 3.70. The van der Waals surface area contributed by atoms with E-state index in [0.29, 0.717) is 25.9 Å². The average molecular weight is 340 g/mol. The van der Waals surface area contributed by atoms with Gasteiger partial charge in [-0.25, -0.2) is 4.98 Å². The Morgan fingerprint density at radius 2 is 2.04 bits per heavy atom. The molecule has 1 aromatic carbocycles. The topological polar surface area (TPSA) is 112 Å². The van der Waals surface area contributed by atoms with Crippen LogP contribution >= 0.6 is 0 Å². The summed E-state index contributed by atoms with van der Waals surface area (Å²) in [5, 5.41) is 10.8. The number of carbonyl (C=O) groups excluding carboxylic acids is 1. The zero-order valence-electron chi connectivity index (χ0n) is 13.7. The fourth-order valence-corrected chi connectivity index (χ4v) is 4.21. The molecule has 1 fully saturated rings. The zero-order chi connectivity index (χ0) is 17.6. The van der Waals surface area contributed by atoms with Crippen LogP contribution in [0.1, 0.15) is 40.5 Å². The van der Waals surface area contributed by atoms with Crippen LogP contribution in [0.2, 0.25) is 0 Å². The van der Waals surface area contributed by atoms with E-state index in [1.54, 1.807) is 4.90 Å². The number of carbonyl (C=O) groups is 1. The number of nitrogens with two attached hydrogens (primary N) is 1. The molecular formula is C18H20N4O3. The fourth-order valence-electron chi connectivity index (χ4n) is 4.21. The maximum Gasteiger partial charge on any atom is 0.273 e. The summed E-state index contributed by atoms with van der Waals surface area (Å²) >= 11 is 0. The van der Waals surface area contributed by atoms with Crippen LogP contribution < -0.4 is 11.3 Å². The Morgan fingerprint density at radius 1 is 1.32 bits per heavy atom. The van der Waals surface area contributed by atoms with E-state index in [2.05, 4.69) is 9.97 Å². The molecule has 7 nitrogen and oxygen atoms in total. The van der Waals surface area contributed by atoms with Crippen molar-refractivity contribution in [3.05, 3.63) is 63.8 Å². The van der Waals surface area contributed by atoms with E-state index in [1.807, 2.05) is 24.3 Å². The number of nitrogens with zero attached hydrogens (tertiary/aromatic N) is 2. The normalized spacial score (nSPS) is 24.3. The van der Waals surface area contributed by atoms with Gasteiger partial charge in [-0.1, -0.05) is 24.3 Å². The number of nitrogens with one attached hydrogen (secondary N) is 1. The van der Waals surface area contributed by atoms with Crippen LogP contribution in [0.25, 0.3) is 0 Å². The first-order valence-electron chi connectivity index (χ1n) is 8.40. The van der Waals surface area contributed by atoms with E-state index >= 15 is 0 Å². The molecule has 4 rings (SSSR count). The Bertz CT molecular complexity index is 850. The van der Waals surface area contributed by atoms with Gasteiger partial charge in [0.2, 0.25) is 0 Å². The van der Waals surface area contributed by atoms with Crippen molar-refractivity contribution in [2.75, 3.05) is 13.1 Å². The lowest BCUT2D eigenvalue weighted by Crippen LogP contribution is -2.50. The first-order valence-corrected chi connectivity index (χ1v) is 8.40. The maximum atomic E-state index is 12.6. The second kappa shape index (κ2) is 5.79. The van der Waals surface area contributed by atoms with Gasteiger partial charge in [-0.15, -0.1) is 0 Å². The van der Waals surface area contributed by atoms with Gasteiger partial charge in [0.15, 0.2) is 0 Å². The van der Waals surface area contributed by atoms with Crippen molar-refractivity contribution in [2.45, 2.75) is 30.4 Å². The van der Waals surface area contributed by atoms with Crippen LogP contribution in [-0.2, 0) is 5.41 Å². The molecule has 0 bridgehead atoms. The Balaban J connectivity index is 1.56. The van der Waals surface area contributed by atoms with Crippen LogP contribution in [-0.4, -0.2) is 45.1 Å². The molecule has 1 saturated heterocycles. The molecule has 2 aromatic rings. The molecule has 2 aliphatic rings. The van der Waals surface area contributed by atoms with Crippen molar-refractivity contribution in [2.24, 2.45) is 5.73 Å². The second-order valence-electron chi connectivity index (χ2n) is 6.80. The SMILES string of the molecule is N[C@H]1c2ccccc2C2(CCN(C(=O)c3c[nH]c(=O)cn3)CC2)[C@@H]1O. The van der Waals surface area contributed by atoms with Crippen LogP contribution in [0.5, 0.6) is 0 Å². The zero-order valence-corrected chi connectivity index (χ0v) is 13.7. The highest BCUT2D eigenvalue weighted by Crippen LogP contribution is 2.50. The van der Waals surface area contributed by atoms with Crippen molar-refractivity contribution in [3.8, 4) is 0 Å². The number of piperidine rings is 1. The Morgan fingerprint density at radius 3 is 2.72 bits per heavy atom. The quantitative estimate of drug-likeness (QED) is 0.692. The number of aliphatic hydroxyl groups is 1. The van der Waals surface area contributed by atoms with Gasteiger partial charge in [0, 0.05) is 24.7 Å². The number of fused-ring (bicyclic) bond motifs is 2. The highest BCUT2D eigenvalue weighted by molar-refractivity contribution is 5.92. The van der Waals surface area contributed by atoms with Gasteiger partial charge in [-0.05, 0) is 24.0 Å². The minimum atomic E-state index is -0.645. The molecule has 1 aliphatic heterocycles. The lowest BCUT2D eigenvalue weighted by Gasteiger charge is -2.42. The highest BCUT2D eigenvalue weighted by Gasteiger charge is 2.51. The first-order chi connectivity index (χ1) is 12.0. The molecule has 1 spiro atoms. The number of aromatic amines is 1. The van der Waals surface area contributed by atoms with Gasteiger partial charge >= 0.3 is 0 Å². The number of hydrogen-bond acceptors (Lipinski definition) is 5. The number of amides is 1. The molecule has 7 heteroatoms. The predicted octanol–water partition coefficient (Wildman–Crippen LogP) is 0.318. The molecule has 25 heavy (non-hydrogen) atoms. The van der Waals surface area contributed by atoms with Gasteiger partial charge < -0.3 is 20.7 Å². The number of rotatable bonds is 1. The summed E-state index contributed by atoms with van der Waals surface area (Å²) < 4.78 is 0. The first kappa shape index (κ1) is 16.0. The van der Waals surface area contributed by atoms with Gasteiger partial charge in [0.05, 0.1) is 18.3 Å². The number of H-pyrrole nitrogens is 1. The van der Waals surface area contributed by atoms with E-state index in [-0.39, 0.29) is 23.2 Å². The third-order valence-electron chi connectivity index (χ3n) is 5.60. The smallest absolute Gasteiger partial charge is 0.273 e.